The summed E-state index contributed by atoms with van der Waals surface area (Å²) in [6.45, 7) is 8.64. The van der Waals surface area contributed by atoms with Crippen LogP contribution in [0.15, 0.2) is 49.6 Å². The quantitative estimate of drug-likeness (QED) is 0.0728. The van der Waals surface area contributed by atoms with Crippen molar-refractivity contribution >= 4 is 23.9 Å². The predicted octanol–water partition coefficient (Wildman–Crippen LogP) is 5.07. The molecule has 0 bridgehead atoms. The smallest absolute Gasteiger partial charge is 0.330 e. The minimum atomic E-state index is -0.434. The van der Waals surface area contributed by atoms with Gasteiger partial charge in [0.25, 0.3) is 0 Å². The van der Waals surface area contributed by atoms with Crippen LogP contribution in [0.4, 0.5) is 0 Å². The molecular weight excluding hydrogens is 568 g/mol. The van der Waals surface area contributed by atoms with Gasteiger partial charge in [-0.25, -0.2) is 9.59 Å². The number of hydrogen-bond acceptors (Lipinski definition) is 10. The molecule has 0 heterocycles. The van der Waals surface area contributed by atoms with Gasteiger partial charge in [0.05, 0.1) is 57.1 Å². The van der Waals surface area contributed by atoms with Crippen LogP contribution >= 0.6 is 0 Å². The van der Waals surface area contributed by atoms with Gasteiger partial charge in [0, 0.05) is 31.4 Å². The molecular formula is C34H46O10. The number of esters is 4. The average molecular weight is 615 g/mol. The summed E-state index contributed by atoms with van der Waals surface area (Å²) < 4.78 is 32.7. The third-order valence-corrected chi connectivity index (χ3v) is 7.90. The van der Waals surface area contributed by atoms with Crippen molar-refractivity contribution in [3.8, 4) is 5.75 Å². The van der Waals surface area contributed by atoms with Gasteiger partial charge in [-0.3, -0.25) is 9.59 Å². The van der Waals surface area contributed by atoms with Crippen LogP contribution in [0.1, 0.15) is 69.8 Å². The molecule has 0 unspecified atom stereocenters. The summed E-state index contributed by atoms with van der Waals surface area (Å²) in [5, 5.41) is 0. The Morgan fingerprint density at radius 1 is 0.614 bits per heavy atom. The molecule has 3 rings (SSSR count). The first-order valence-electron chi connectivity index (χ1n) is 15.7. The molecule has 1 aromatic carbocycles. The van der Waals surface area contributed by atoms with Gasteiger partial charge in [-0.05, 0) is 69.1 Å². The first kappa shape index (κ1) is 35.0. The molecule has 242 valence electrons. The van der Waals surface area contributed by atoms with Crippen molar-refractivity contribution in [2.24, 2.45) is 11.8 Å². The largest absolute Gasteiger partial charge is 0.465 e. The fourth-order valence-electron chi connectivity index (χ4n) is 5.32. The summed E-state index contributed by atoms with van der Waals surface area (Å²) in [5.74, 6) is -1.02. The van der Waals surface area contributed by atoms with Crippen molar-refractivity contribution in [1.82, 2.24) is 0 Å². The van der Waals surface area contributed by atoms with E-state index in [4.69, 9.17) is 28.4 Å². The van der Waals surface area contributed by atoms with E-state index in [1.54, 1.807) is 12.1 Å². The molecule has 44 heavy (non-hydrogen) atoms. The summed E-state index contributed by atoms with van der Waals surface area (Å²) in [6, 6.07) is 7.31. The van der Waals surface area contributed by atoms with Gasteiger partial charge in [0.1, 0.15) is 5.75 Å². The lowest BCUT2D eigenvalue weighted by molar-refractivity contribution is -0.150. The Balaban J connectivity index is 1.24. The maximum Gasteiger partial charge on any atom is 0.330 e. The molecule has 0 aliphatic heterocycles. The summed E-state index contributed by atoms with van der Waals surface area (Å²) >= 11 is 0. The lowest BCUT2D eigenvalue weighted by atomic mass is 9.87. The van der Waals surface area contributed by atoms with Crippen LogP contribution in [0.5, 0.6) is 5.75 Å². The van der Waals surface area contributed by atoms with E-state index in [0.29, 0.717) is 70.9 Å². The third kappa shape index (κ3) is 13.0. The maximum atomic E-state index is 12.7. The van der Waals surface area contributed by atoms with E-state index in [9.17, 15) is 19.2 Å². The highest BCUT2D eigenvalue weighted by atomic mass is 16.5. The van der Waals surface area contributed by atoms with Gasteiger partial charge in [0.2, 0.25) is 0 Å². The SMILES string of the molecule is C=CC(=O)OCCCOC1CCC(C(=O)OCCc2ccc(OC(=O)C3CCC(OCCCOC(=O)C=C)CC3)cc2)CC1. The van der Waals surface area contributed by atoms with E-state index >= 15 is 0 Å². The van der Waals surface area contributed by atoms with Crippen LogP contribution in [-0.2, 0) is 49.3 Å². The predicted molar refractivity (Wildman–Crippen MR) is 162 cm³/mol. The van der Waals surface area contributed by atoms with Gasteiger partial charge in [-0.15, -0.1) is 0 Å². The molecule has 1 aromatic rings. The Bertz CT molecular complexity index is 1070. The molecule has 2 fully saturated rings. The first-order valence-corrected chi connectivity index (χ1v) is 15.7. The van der Waals surface area contributed by atoms with E-state index < -0.39 is 11.9 Å². The number of ether oxygens (including phenoxy) is 6. The van der Waals surface area contributed by atoms with Crippen molar-refractivity contribution in [3.05, 3.63) is 55.1 Å². The molecule has 0 radical (unpaired) electrons. The number of rotatable bonds is 18. The van der Waals surface area contributed by atoms with Crippen molar-refractivity contribution in [3.63, 3.8) is 0 Å². The summed E-state index contributed by atoms with van der Waals surface area (Å²) in [4.78, 5) is 47.3. The molecule has 0 aromatic heterocycles. The molecule has 0 amide bonds. The average Bonchev–Trinajstić information content (AvgIpc) is 3.05. The highest BCUT2D eigenvalue weighted by molar-refractivity contribution is 5.81. The molecule has 2 aliphatic carbocycles. The van der Waals surface area contributed by atoms with Crippen LogP contribution in [0.25, 0.3) is 0 Å². The topological polar surface area (TPSA) is 124 Å². The monoisotopic (exact) mass is 614 g/mol. The molecule has 0 N–H and O–H groups in total. The molecule has 2 saturated carbocycles. The Morgan fingerprint density at radius 2 is 1.09 bits per heavy atom. The van der Waals surface area contributed by atoms with E-state index in [0.717, 1.165) is 56.2 Å². The Kier molecular flexibility index (Phi) is 15.7. The second kappa shape index (κ2) is 19.7. The minimum Gasteiger partial charge on any atom is -0.465 e. The summed E-state index contributed by atoms with van der Waals surface area (Å²) in [7, 11) is 0. The highest BCUT2D eigenvalue weighted by Crippen LogP contribution is 2.29. The van der Waals surface area contributed by atoms with Crippen LogP contribution in [0, 0.1) is 11.8 Å². The fourth-order valence-corrected chi connectivity index (χ4v) is 5.32. The number of carbonyl (C=O) groups excluding carboxylic acids is 4. The number of hydrogen-bond donors (Lipinski definition) is 0. The van der Waals surface area contributed by atoms with Gasteiger partial charge < -0.3 is 28.4 Å². The molecule has 10 nitrogen and oxygen atoms in total. The fraction of sp³-hybridized carbons (Fsp3) is 0.588. The third-order valence-electron chi connectivity index (χ3n) is 7.90. The zero-order valence-electron chi connectivity index (χ0n) is 25.6. The van der Waals surface area contributed by atoms with Gasteiger partial charge in [-0.1, -0.05) is 25.3 Å². The normalized spacial score (nSPS) is 21.5. The summed E-state index contributed by atoms with van der Waals surface area (Å²) in [6.07, 6.45) is 10.4. The summed E-state index contributed by atoms with van der Waals surface area (Å²) in [5.41, 5.74) is 0.991. The van der Waals surface area contributed by atoms with E-state index in [1.165, 1.54) is 0 Å². The second-order valence-electron chi connectivity index (χ2n) is 11.1. The van der Waals surface area contributed by atoms with Gasteiger partial charge in [0.15, 0.2) is 0 Å². The first-order chi connectivity index (χ1) is 21.4. The molecule has 10 heteroatoms. The lowest BCUT2D eigenvalue weighted by Gasteiger charge is -2.27. The van der Waals surface area contributed by atoms with Gasteiger partial charge in [-0.2, -0.15) is 0 Å². The zero-order valence-corrected chi connectivity index (χ0v) is 25.6. The molecule has 0 atom stereocenters. The van der Waals surface area contributed by atoms with E-state index in [2.05, 4.69) is 13.2 Å². The minimum absolute atomic E-state index is 0.102. The number of carbonyl (C=O) groups is 4. The van der Waals surface area contributed by atoms with Crippen LogP contribution < -0.4 is 4.74 Å². The Labute approximate surface area is 260 Å². The molecule has 2 aliphatic rings. The van der Waals surface area contributed by atoms with Crippen molar-refractivity contribution < 1.29 is 47.6 Å². The highest BCUT2D eigenvalue weighted by Gasteiger charge is 2.29. The molecule has 0 saturated heterocycles. The maximum absolute atomic E-state index is 12.7. The van der Waals surface area contributed by atoms with E-state index in [-0.39, 0.29) is 36.0 Å². The van der Waals surface area contributed by atoms with Crippen LogP contribution in [-0.4, -0.2) is 69.1 Å². The van der Waals surface area contributed by atoms with Crippen molar-refractivity contribution in [2.45, 2.75) is 82.8 Å². The second-order valence-corrected chi connectivity index (χ2v) is 11.1. The van der Waals surface area contributed by atoms with Crippen LogP contribution in [0.2, 0.25) is 0 Å². The van der Waals surface area contributed by atoms with Crippen molar-refractivity contribution in [2.75, 3.05) is 33.0 Å². The lowest BCUT2D eigenvalue weighted by Crippen LogP contribution is -2.29. The number of benzene rings is 1. The Morgan fingerprint density at radius 3 is 1.57 bits per heavy atom. The molecule has 0 spiro atoms. The van der Waals surface area contributed by atoms with Gasteiger partial charge >= 0.3 is 23.9 Å². The van der Waals surface area contributed by atoms with Crippen molar-refractivity contribution in [1.29, 1.82) is 0 Å². The van der Waals surface area contributed by atoms with Crippen LogP contribution in [0.3, 0.4) is 0 Å². The standard InChI is InChI=1S/C34H46O10/c1-3-31(35)41-22-5-20-39-28-15-9-26(10-16-28)33(37)43-24-19-25-7-13-30(14-8-25)44-34(38)27-11-17-29(18-12-27)40-21-6-23-42-32(36)4-2/h3-4,7-8,13-14,26-29H,1-2,5-6,9-12,15-24H2. The van der Waals surface area contributed by atoms with E-state index in [1.807, 2.05) is 12.1 Å². The zero-order chi connectivity index (χ0) is 31.6. The Hall–Kier alpha value is -3.50.